The third-order valence-corrected chi connectivity index (χ3v) is 25.8. The lowest BCUT2D eigenvalue weighted by Gasteiger charge is -2.52. The van der Waals surface area contributed by atoms with Crippen molar-refractivity contribution >= 4 is 11.8 Å². The van der Waals surface area contributed by atoms with E-state index in [9.17, 15) is 30.0 Å². The monoisotopic (exact) mass is 1930 g/mol. The molecule has 7 saturated heterocycles. The Morgan fingerprint density at radius 2 is 0.614 bits per heavy atom. The van der Waals surface area contributed by atoms with E-state index in [0.717, 1.165) is 50.1 Å². The highest BCUT2D eigenvalue weighted by atomic mass is 16.8. The zero-order chi connectivity index (χ0) is 98.4. The minimum Gasteiger partial charge on any atom is -0.394 e. The zero-order valence-corrected chi connectivity index (χ0v) is 81.1. The quantitative estimate of drug-likeness (QED) is 0.0194. The highest BCUT2D eigenvalue weighted by Crippen LogP contribution is 2.43. The van der Waals surface area contributed by atoms with Gasteiger partial charge in [0.2, 0.25) is 11.8 Å². The fourth-order valence-corrected chi connectivity index (χ4v) is 18.8. The van der Waals surface area contributed by atoms with E-state index in [2.05, 4.69) is 30.7 Å². The van der Waals surface area contributed by atoms with E-state index in [1.807, 2.05) is 301 Å². The van der Waals surface area contributed by atoms with Gasteiger partial charge in [-0.2, -0.15) is 0 Å². The van der Waals surface area contributed by atoms with E-state index in [4.69, 9.17) is 99.5 Å². The number of fused-ring (bicyclic) bond motifs is 1. The van der Waals surface area contributed by atoms with Crippen molar-refractivity contribution in [2.24, 2.45) is 5.92 Å². The molecule has 0 spiro atoms. The van der Waals surface area contributed by atoms with Crippen molar-refractivity contribution in [1.82, 2.24) is 10.6 Å². The van der Waals surface area contributed by atoms with Gasteiger partial charge in [0, 0.05) is 19.8 Å². The molecule has 0 aliphatic carbocycles. The smallest absolute Gasteiger partial charge is 0.217 e. The van der Waals surface area contributed by atoms with Gasteiger partial charge in [0.1, 0.15) is 122 Å². The second-order valence-corrected chi connectivity index (χ2v) is 36.8. The maximum Gasteiger partial charge on any atom is 0.217 e. The summed E-state index contributed by atoms with van der Waals surface area (Å²) in [4.78, 5) is 25.3. The van der Waals surface area contributed by atoms with Gasteiger partial charge in [0.05, 0.1) is 116 Å². The van der Waals surface area contributed by atoms with Gasteiger partial charge in [-0.1, -0.05) is 280 Å². The van der Waals surface area contributed by atoms with Crippen LogP contribution in [0.2, 0.25) is 0 Å². The molecule has 2 amide bonds. The van der Waals surface area contributed by atoms with Crippen LogP contribution in [0.1, 0.15) is 112 Å². The molecule has 29 heteroatoms. The molecule has 7 aliphatic heterocycles. The predicted molar refractivity (Wildman–Crippen MR) is 517 cm³/mol. The highest BCUT2D eigenvalue weighted by Gasteiger charge is 2.59. The number of carbonyl (C=O) groups is 2. The summed E-state index contributed by atoms with van der Waals surface area (Å²) in [5.74, 6) is -2.18. The molecule has 7 aliphatic rings. The SMILES string of the molecule is C=C.CC(=O)NC1[C@H](OC2[C@H](C)OC(C)[C@H](OCc3ccccc3)[C@@H]2O[C@H]2O[C@@H](COCc3ccccc3)[C@@H](OCc3ccccc3)C(C)C2OCc2ccccc2)OC(CO)[C@@H](O)[C@@H]1O.CC(=O)NC1[C@H](OC2[C@H](C)OC(C)[C@H](OCc3ccccc3)[C@@H]2O[C@H]2O[C@@H](COCc3ccccc3)[C@@H](OCc3ccccc3)C(OCc3ccccc3)C2OCc2ccccc2)OC2COC(C)(C)O[C@H]2[C@@H]1O. The summed E-state index contributed by atoms with van der Waals surface area (Å²) in [6, 6.07) is 86.8. The summed E-state index contributed by atoms with van der Waals surface area (Å²) in [6.07, 6.45) is -24.5. The second-order valence-electron chi connectivity index (χ2n) is 36.8. The first-order chi connectivity index (χ1) is 68.1. The fraction of sp³-hybridized carbons (Fsp3) is 0.477. The Bertz CT molecular complexity index is 5050. The fourth-order valence-electron chi connectivity index (χ4n) is 18.8. The van der Waals surface area contributed by atoms with Gasteiger partial charge in [-0.15, -0.1) is 13.2 Å². The van der Waals surface area contributed by atoms with Crippen molar-refractivity contribution in [1.29, 1.82) is 0 Å². The van der Waals surface area contributed by atoms with Crippen molar-refractivity contribution in [3.63, 3.8) is 0 Å². The van der Waals surface area contributed by atoms with Crippen molar-refractivity contribution in [2.45, 2.75) is 305 Å². The van der Waals surface area contributed by atoms with Gasteiger partial charge < -0.3 is 131 Å². The normalized spacial score (nSPS) is 31.9. The predicted octanol–water partition coefficient (Wildman–Crippen LogP) is 13.2. The first-order valence-electron chi connectivity index (χ1n) is 48.4. The number of nitrogens with one attached hydrogen (secondary N) is 2. The Morgan fingerprint density at radius 3 is 0.979 bits per heavy atom. The minimum atomic E-state index is -1.54. The largest absolute Gasteiger partial charge is 0.394 e. The molecule has 0 aromatic heterocycles. The maximum atomic E-state index is 12.9. The topological polar surface area (TPSA) is 333 Å². The lowest BCUT2D eigenvalue weighted by atomic mass is 9.89. The lowest BCUT2D eigenvalue weighted by molar-refractivity contribution is -0.391. The van der Waals surface area contributed by atoms with Crippen LogP contribution in [-0.4, -0.2) is 242 Å². The first-order valence-corrected chi connectivity index (χ1v) is 48.4. The van der Waals surface area contributed by atoms with Gasteiger partial charge in [0.15, 0.2) is 30.9 Å². The second kappa shape index (κ2) is 53.3. The van der Waals surface area contributed by atoms with Crippen LogP contribution in [0, 0.1) is 5.92 Å². The van der Waals surface area contributed by atoms with Crippen molar-refractivity contribution < 1.29 is 129 Å². The molecular weight excluding hydrogens is 1790 g/mol. The number of hydrogen-bond donors (Lipinski definition) is 6. The average Bonchev–Trinajstić information content (AvgIpc) is 0.764. The molecule has 0 saturated carbocycles. The van der Waals surface area contributed by atoms with E-state index >= 15 is 0 Å². The van der Waals surface area contributed by atoms with Crippen LogP contribution in [0.3, 0.4) is 0 Å². The Labute approximate surface area is 821 Å². The number of hydrogen-bond acceptors (Lipinski definition) is 27. The Balaban J connectivity index is 0.000000221. The van der Waals surface area contributed by atoms with Gasteiger partial charge in [0.25, 0.3) is 0 Å². The van der Waals surface area contributed by atoms with Crippen LogP contribution >= 0.6 is 0 Å². The van der Waals surface area contributed by atoms with E-state index in [1.165, 1.54) is 13.8 Å². The van der Waals surface area contributed by atoms with E-state index < -0.39 is 202 Å². The molecule has 0 radical (unpaired) electrons. The van der Waals surface area contributed by atoms with Crippen LogP contribution in [-0.2, 0) is 169 Å². The summed E-state index contributed by atoms with van der Waals surface area (Å²) >= 11 is 0. The third-order valence-electron chi connectivity index (χ3n) is 25.8. The summed E-state index contributed by atoms with van der Waals surface area (Å²) in [6.45, 7) is 24.0. The number of rotatable bonds is 40. The third kappa shape index (κ3) is 29.5. The van der Waals surface area contributed by atoms with E-state index in [1.54, 1.807) is 13.8 Å². The summed E-state index contributed by atoms with van der Waals surface area (Å²) in [7, 11) is 0. The van der Waals surface area contributed by atoms with Crippen LogP contribution in [0.25, 0.3) is 0 Å². The number of ether oxygens (including phenoxy) is 21. The molecule has 9 aromatic rings. The molecule has 6 N–H and O–H groups in total. The van der Waals surface area contributed by atoms with Gasteiger partial charge >= 0.3 is 0 Å². The molecule has 16 rings (SSSR count). The van der Waals surface area contributed by atoms with Crippen LogP contribution in [0.4, 0.5) is 0 Å². The zero-order valence-electron chi connectivity index (χ0n) is 81.1. The molecule has 0 bridgehead atoms. The van der Waals surface area contributed by atoms with E-state index in [0.29, 0.717) is 19.8 Å². The molecule has 30 atom stereocenters. The molecule has 140 heavy (non-hydrogen) atoms. The van der Waals surface area contributed by atoms with Gasteiger partial charge in [-0.25, -0.2) is 0 Å². The van der Waals surface area contributed by atoms with Gasteiger partial charge in [-0.3, -0.25) is 9.59 Å². The maximum absolute atomic E-state index is 12.9. The van der Waals surface area contributed by atoms with E-state index in [-0.39, 0.29) is 65.4 Å². The molecule has 12 unspecified atom stereocenters. The lowest BCUT2D eigenvalue weighted by Crippen LogP contribution is -2.70. The number of carbonyl (C=O) groups excluding carboxylic acids is 2. The molecule has 29 nitrogen and oxygen atoms in total. The van der Waals surface area contributed by atoms with Crippen LogP contribution < -0.4 is 10.6 Å². The molecular formula is C111H138N2O27. The molecule has 7 fully saturated rings. The Hall–Kier alpha value is -9.34. The average molecular weight is 1930 g/mol. The number of aliphatic hydroxyl groups is 4. The molecule has 9 aromatic carbocycles. The van der Waals surface area contributed by atoms with Crippen molar-refractivity contribution in [2.75, 3.05) is 26.4 Å². The van der Waals surface area contributed by atoms with Gasteiger partial charge in [-0.05, 0) is 91.6 Å². The first kappa shape index (κ1) is 106. The molecule has 7 heterocycles. The summed E-state index contributed by atoms with van der Waals surface area (Å²) in [5, 5.41) is 49.7. The van der Waals surface area contributed by atoms with Crippen molar-refractivity contribution in [3.05, 3.63) is 336 Å². The Kier molecular flexibility index (Phi) is 40.5. The highest BCUT2D eigenvalue weighted by molar-refractivity contribution is 5.73. The summed E-state index contributed by atoms with van der Waals surface area (Å²) in [5.41, 5.74) is 8.68. The minimum absolute atomic E-state index is 0.106. The number of aliphatic hydroxyl groups excluding tert-OH is 4. The van der Waals surface area contributed by atoms with Crippen molar-refractivity contribution in [3.8, 4) is 0 Å². The number of amides is 2. The molecule has 754 valence electrons. The van der Waals surface area contributed by atoms with Crippen LogP contribution in [0.5, 0.6) is 0 Å². The standard InChI is InChI=1S/C59H71NO14.C50H63NO13.C2H4/c1-38-50(64-32-42-23-13-7-14-24-42)55(51(39(2)69-38)72-57-48(60-40(3)61)49(62)52-47(70-57)37-68-59(4,5)74-52)73-58-56(67-35-45-29-19-10-20-30-45)54(66-34-44-27-17-9-18-28-44)53(65-33-43-25-15-8-16-26-43)46(71-58)36-63-31-41-21-11-6-12-22-41;1-31-44(57-27-36-19-11-6-12-20-36)40(30-56-26-35-17-9-5-10-18-35)62-50(45(31)58-28-37-21-13-7-14-22-37)64-48-46(59-29-38-23-15-8-16-24-38)32(2)60-33(3)47(48)63-49-41(51-34(4)53)43(55)42(54)39(25-52)61-49;1-2/h6-30,38-39,46-58,62H,31-37H2,1-5H3,(H,60,61);5-24,31-33,39-50,52,54-55H,25-30H2,1-4H3,(H,51,53);1-2H2/t38?,39-,46-,47?,48?,49+,50-,51?,52+,53+,54?,55-,56?,57-,58+;31?,32?,33-,39?,40-,41?,42+,43+,44-,45?,46-,47?,48-,49-,50+;/m00./s1. The summed E-state index contributed by atoms with van der Waals surface area (Å²) < 4.78 is 142. The number of benzene rings is 9. The van der Waals surface area contributed by atoms with Crippen LogP contribution in [0.15, 0.2) is 286 Å². The Morgan fingerprint density at radius 1 is 0.329 bits per heavy atom.